The summed E-state index contributed by atoms with van der Waals surface area (Å²) in [4.78, 5) is 4.91. The molecule has 1 spiro atoms. The quantitative estimate of drug-likeness (QED) is 0.470. The van der Waals surface area contributed by atoms with E-state index in [1.165, 1.54) is 11.1 Å². The van der Waals surface area contributed by atoms with Crippen LogP contribution in [0.5, 0.6) is 0 Å². The van der Waals surface area contributed by atoms with E-state index >= 15 is 0 Å². The van der Waals surface area contributed by atoms with Gasteiger partial charge in [0.25, 0.3) is 0 Å². The van der Waals surface area contributed by atoms with Gasteiger partial charge in [-0.05, 0) is 83.9 Å². The lowest BCUT2D eigenvalue weighted by Crippen LogP contribution is -2.46. The fourth-order valence-electron chi connectivity index (χ4n) is 6.20. The van der Waals surface area contributed by atoms with E-state index < -0.39 is 5.67 Å². The first-order valence-corrected chi connectivity index (χ1v) is 13.6. The van der Waals surface area contributed by atoms with Crippen LogP contribution in [-0.2, 0) is 21.6 Å². The summed E-state index contributed by atoms with van der Waals surface area (Å²) in [6.07, 6.45) is 3.47. The molecule has 4 heteroatoms. The molecule has 5 rings (SSSR count). The van der Waals surface area contributed by atoms with Gasteiger partial charge in [-0.3, -0.25) is 0 Å². The van der Waals surface area contributed by atoms with Crippen LogP contribution in [0.2, 0.25) is 0 Å². The van der Waals surface area contributed by atoms with Gasteiger partial charge >= 0.3 is 0 Å². The molecule has 3 aliphatic rings. The summed E-state index contributed by atoms with van der Waals surface area (Å²) in [6, 6.07) is 19.6. The largest absolute Gasteiger partial charge is 0.360 e. The van der Waals surface area contributed by atoms with Crippen LogP contribution >= 0.6 is 0 Å². The second kappa shape index (κ2) is 10.3. The highest BCUT2D eigenvalue weighted by Gasteiger charge is 2.49. The minimum atomic E-state index is -1.10. The van der Waals surface area contributed by atoms with Gasteiger partial charge in [0.2, 0.25) is 0 Å². The lowest BCUT2D eigenvalue weighted by molar-refractivity contribution is -0.151. The van der Waals surface area contributed by atoms with Crippen LogP contribution in [-0.4, -0.2) is 48.1 Å². The van der Waals surface area contributed by atoms with Crippen molar-refractivity contribution in [2.75, 3.05) is 26.2 Å². The maximum atomic E-state index is 14.7. The Morgan fingerprint density at radius 3 is 1.66 bits per heavy atom. The highest BCUT2D eigenvalue weighted by Crippen LogP contribution is 2.51. The van der Waals surface area contributed by atoms with Crippen molar-refractivity contribution in [3.63, 3.8) is 0 Å². The maximum absolute atomic E-state index is 14.7. The van der Waals surface area contributed by atoms with Gasteiger partial charge in [-0.25, -0.2) is 4.39 Å². The Morgan fingerprint density at radius 2 is 1.14 bits per heavy atom. The summed E-state index contributed by atoms with van der Waals surface area (Å²) in [5, 5.41) is 0. The van der Waals surface area contributed by atoms with Gasteiger partial charge in [0.05, 0.1) is 11.2 Å². The number of nitrogens with zero attached hydrogens (tertiary/aromatic N) is 2. The third-order valence-electron chi connectivity index (χ3n) is 8.47. The van der Waals surface area contributed by atoms with Gasteiger partial charge in [0.1, 0.15) is 5.67 Å². The molecule has 0 aliphatic carbocycles. The molecular formula is C31H45FN2O. The molecular weight excluding hydrogens is 435 g/mol. The molecule has 3 nitrogen and oxygen atoms in total. The molecule has 0 aromatic heterocycles. The zero-order valence-electron chi connectivity index (χ0n) is 22.7. The number of ether oxygens (including phenoxy) is 1. The standard InChI is InChI=1S/C17H25NO.C14H20FN/c1-13(2)18-11-9-17(10-12-18)15-8-6-5-7-14(15)16(3,4)19-17;1-12(2)16-10-8-14(15,9-11-16)13-6-4-3-5-7-13/h5-8,13H,9-12H2,1-4H3;3-7,12H,8-11H2,1-2H3. The normalized spacial score (nSPS) is 23.2. The van der Waals surface area contributed by atoms with Crippen molar-refractivity contribution >= 4 is 0 Å². The van der Waals surface area contributed by atoms with Gasteiger partial charge in [-0.2, -0.15) is 0 Å². The SMILES string of the molecule is CC(C)N1CCC(F)(c2ccccc2)CC1.CC(C)N1CCC2(CC1)OC(C)(C)c1ccccc12. The summed E-state index contributed by atoms with van der Waals surface area (Å²) in [7, 11) is 0. The highest BCUT2D eigenvalue weighted by molar-refractivity contribution is 5.41. The van der Waals surface area contributed by atoms with Crippen molar-refractivity contribution < 1.29 is 9.13 Å². The number of rotatable bonds is 3. The second-order valence-corrected chi connectivity index (χ2v) is 11.7. The zero-order chi connectivity index (χ0) is 25.3. The van der Waals surface area contributed by atoms with Crippen LogP contribution in [0.15, 0.2) is 54.6 Å². The fraction of sp³-hybridized carbons (Fsp3) is 0.613. The monoisotopic (exact) mass is 480 g/mol. The minimum absolute atomic E-state index is 0.0362. The molecule has 2 saturated heterocycles. The summed E-state index contributed by atoms with van der Waals surface area (Å²) in [5.74, 6) is 0. The number of fused-ring (bicyclic) bond motifs is 2. The van der Waals surface area contributed by atoms with Gasteiger partial charge in [-0.1, -0.05) is 54.6 Å². The number of alkyl halides is 1. The van der Waals surface area contributed by atoms with Crippen LogP contribution in [0.1, 0.15) is 83.9 Å². The number of halogens is 1. The summed E-state index contributed by atoms with van der Waals surface area (Å²) >= 11 is 0. The van der Waals surface area contributed by atoms with Crippen molar-refractivity contribution in [1.82, 2.24) is 9.80 Å². The van der Waals surface area contributed by atoms with Crippen molar-refractivity contribution in [3.05, 3.63) is 71.3 Å². The average molecular weight is 481 g/mol. The lowest BCUT2D eigenvalue weighted by Gasteiger charge is -2.42. The molecule has 0 atom stereocenters. The first kappa shape index (κ1) is 26.3. The Bertz CT molecular complexity index is 955. The van der Waals surface area contributed by atoms with Crippen LogP contribution in [0, 0.1) is 0 Å². The molecule has 192 valence electrons. The third-order valence-corrected chi connectivity index (χ3v) is 8.47. The Kier molecular flexibility index (Phi) is 7.76. The first-order valence-electron chi connectivity index (χ1n) is 13.6. The Labute approximate surface area is 212 Å². The number of benzene rings is 2. The van der Waals surface area contributed by atoms with Gasteiger partial charge in [-0.15, -0.1) is 0 Å². The smallest absolute Gasteiger partial charge is 0.138 e. The lowest BCUT2D eigenvalue weighted by atomic mass is 9.82. The zero-order valence-corrected chi connectivity index (χ0v) is 22.7. The van der Waals surface area contributed by atoms with Crippen molar-refractivity contribution in [2.45, 2.75) is 96.2 Å². The number of hydrogen-bond acceptors (Lipinski definition) is 3. The number of likely N-dealkylation sites (tertiary alicyclic amines) is 2. The van der Waals surface area contributed by atoms with Crippen LogP contribution in [0.3, 0.4) is 0 Å². The highest BCUT2D eigenvalue weighted by atomic mass is 19.1. The van der Waals surface area contributed by atoms with Crippen LogP contribution in [0.25, 0.3) is 0 Å². The molecule has 0 N–H and O–H groups in total. The van der Waals surface area contributed by atoms with Crippen molar-refractivity contribution in [3.8, 4) is 0 Å². The predicted molar refractivity (Wildman–Crippen MR) is 143 cm³/mol. The van der Waals surface area contributed by atoms with E-state index in [0.29, 0.717) is 24.9 Å². The fourth-order valence-corrected chi connectivity index (χ4v) is 6.20. The third kappa shape index (κ3) is 5.50. The van der Waals surface area contributed by atoms with E-state index in [0.717, 1.165) is 44.6 Å². The Morgan fingerprint density at radius 1 is 0.686 bits per heavy atom. The maximum Gasteiger partial charge on any atom is 0.138 e. The minimum Gasteiger partial charge on any atom is -0.360 e. The van der Waals surface area contributed by atoms with E-state index in [4.69, 9.17) is 4.74 Å². The van der Waals surface area contributed by atoms with Crippen molar-refractivity contribution in [1.29, 1.82) is 0 Å². The first-order chi connectivity index (χ1) is 16.6. The average Bonchev–Trinajstić information content (AvgIpc) is 3.07. The molecule has 2 fully saturated rings. The molecule has 3 aliphatic heterocycles. The van der Waals surface area contributed by atoms with Crippen molar-refractivity contribution in [2.24, 2.45) is 0 Å². The molecule has 0 bridgehead atoms. The summed E-state index contributed by atoms with van der Waals surface area (Å²) in [5.41, 5.74) is 2.38. The summed E-state index contributed by atoms with van der Waals surface area (Å²) < 4.78 is 21.3. The second-order valence-electron chi connectivity index (χ2n) is 11.7. The molecule has 0 saturated carbocycles. The van der Waals surface area contributed by atoms with E-state index in [9.17, 15) is 4.39 Å². The Balaban J connectivity index is 0.000000168. The van der Waals surface area contributed by atoms with Crippen LogP contribution in [0.4, 0.5) is 4.39 Å². The van der Waals surface area contributed by atoms with E-state index in [1.54, 1.807) is 0 Å². The molecule has 35 heavy (non-hydrogen) atoms. The molecule has 2 aromatic carbocycles. The molecule has 0 unspecified atom stereocenters. The van der Waals surface area contributed by atoms with E-state index in [-0.39, 0.29) is 11.2 Å². The molecule has 3 heterocycles. The van der Waals surface area contributed by atoms with E-state index in [2.05, 4.69) is 75.6 Å². The van der Waals surface area contributed by atoms with Gasteiger partial charge in [0, 0.05) is 38.3 Å². The Hall–Kier alpha value is -1.75. The van der Waals surface area contributed by atoms with E-state index in [1.807, 2.05) is 30.3 Å². The molecule has 2 aromatic rings. The predicted octanol–water partition coefficient (Wildman–Crippen LogP) is 7.01. The number of hydrogen-bond donors (Lipinski definition) is 0. The van der Waals surface area contributed by atoms with Gasteiger partial charge < -0.3 is 14.5 Å². The molecule has 0 amide bonds. The number of piperidine rings is 2. The topological polar surface area (TPSA) is 15.7 Å². The van der Waals surface area contributed by atoms with Gasteiger partial charge in [0.15, 0.2) is 0 Å². The van der Waals surface area contributed by atoms with Crippen LogP contribution < -0.4 is 0 Å². The summed E-state index contributed by atoms with van der Waals surface area (Å²) in [6.45, 7) is 17.3. The molecule has 0 radical (unpaired) electrons.